The molecule has 1 nitrogen and oxygen atoms in total. The van der Waals surface area contributed by atoms with Crippen LogP contribution >= 0.6 is 27.5 Å². The molecule has 0 saturated heterocycles. The summed E-state index contributed by atoms with van der Waals surface area (Å²) in [4.78, 5) is 0. The average Bonchev–Trinajstić information content (AvgIpc) is 2.16. The van der Waals surface area contributed by atoms with Crippen molar-refractivity contribution in [2.45, 2.75) is 0 Å². The van der Waals surface area contributed by atoms with Gasteiger partial charge in [0.1, 0.15) is 5.75 Å². The Labute approximate surface area is 95.8 Å². The van der Waals surface area contributed by atoms with E-state index in [2.05, 4.69) is 15.9 Å². The summed E-state index contributed by atoms with van der Waals surface area (Å²) in [5, 5.41) is 2.97. The standard InChI is InChI=1S/C11H8BrClO/c1-14-11-6-7-2-3-9(13)4-8(7)5-10(11)12/h2-6H,1H3. The van der Waals surface area contributed by atoms with E-state index < -0.39 is 0 Å². The van der Waals surface area contributed by atoms with Crippen LogP contribution in [0, 0.1) is 0 Å². The van der Waals surface area contributed by atoms with E-state index in [1.807, 2.05) is 30.3 Å². The maximum atomic E-state index is 5.90. The van der Waals surface area contributed by atoms with Gasteiger partial charge in [-0.05, 0) is 51.0 Å². The summed E-state index contributed by atoms with van der Waals surface area (Å²) in [6, 6.07) is 9.76. The molecule has 0 heterocycles. The fourth-order valence-electron chi connectivity index (χ4n) is 1.38. The van der Waals surface area contributed by atoms with Crippen molar-refractivity contribution >= 4 is 38.3 Å². The van der Waals surface area contributed by atoms with E-state index in [1.54, 1.807) is 7.11 Å². The van der Waals surface area contributed by atoms with E-state index in [0.29, 0.717) is 0 Å². The van der Waals surface area contributed by atoms with Crippen LogP contribution < -0.4 is 4.74 Å². The molecule has 0 aliphatic rings. The molecular weight excluding hydrogens is 263 g/mol. The van der Waals surface area contributed by atoms with Gasteiger partial charge in [-0.1, -0.05) is 17.7 Å². The molecule has 0 bridgehead atoms. The van der Waals surface area contributed by atoms with Gasteiger partial charge in [-0.3, -0.25) is 0 Å². The van der Waals surface area contributed by atoms with Gasteiger partial charge in [0.05, 0.1) is 11.6 Å². The summed E-state index contributed by atoms with van der Waals surface area (Å²) >= 11 is 9.33. The summed E-state index contributed by atoms with van der Waals surface area (Å²) in [7, 11) is 1.65. The Kier molecular flexibility index (Phi) is 2.66. The van der Waals surface area contributed by atoms with Crippen LogP contribution in [0.5, 0.6) is 5.75 Å². The largest absolute Gasteiger partial charge is 0.496 e. The normalized spacial score (nSPS) is 10.5. The van der Waals surface area contributed by atoms with Crippen LogP contribution in [-0.2, 0) is 0 Å². The second-order valence-electron chi connectivity index (χ2n) is 2.98. The van der Waals surface area contributed by atoms with Crippen molar-refractivity contribution in [1.29, 1.82) is 0 Å². The lowest BCUT2D eigenvalue weighted by Gasteiger charge is -2.05. The maximum absolute atomic E-state index is 5.90. The molecule has 0 atom stereocenters. The highest BCUT2D eigenvalue weighted by molar-refractivity contribution is 9.10. The Morgan fingerprint density at radius 1 is 1.14 bits per heavy atom. The lowest BCUT2D eigenvalue weighted by Crippen LogP contribution is -1.84. The highest BCUT2D eigenvalue weighted by Crippen LogP contribution is 2.31. The molecule has 0 saturated carbocycles. The molecule has 2 aromatic rings. The van der Waals surface area contributed by atoms with Crippen molar-refractivity contribution in [1.82, 2.24) is 0 Å². The van der Waals surface area contributed by atoms with E-state index in [0.717, 1.165) is 26.0 Å². The predicted octanol–water partition coefficient (Wildman–Crippen LogP) is 4.26. The van der Waals surface area contributed by atoms with Gasteiger partial charge in [0.2, 0.25) is 0 Å². The molecule has 0 unspecified atom stereocenters. The predicted molar refractivity (Wildman–Crippen MR) is 63.2 cm³/mol. The van der Waals surface area contributed by atoms with Crippen molar-refractivity contribution in [3.8, 4) is 5.75 Å². The van der Waals surface area contributed by atoms with Crippen molar-refractivity contribution in [2.24, 2.45) is 0 Å². The van der Waals surface area contributed by atoms with Crippen LogP contribution in [0.15, 0.2) is 34.8 Å². The van der Waals surface area contributed by atoms with Crippen molar-refractivity contribution in [3.05, 3.63) is 39.8 Å². The third kappa shape index (κ3) is 1.72. The monoisotopic (exact) mass is 270 g/mol. The highest BCUT2D eigenvalue weighted by atomic mass is 79.9. The Bertz CT molecular complexity index is 482. The minimum absolute atomic E-state index is 0.745. The molecule has 3 heteroatoms. The number of hydrogen-bond donors (Lipinski definition) is 0. The van der Waals surface area contributed by atoms with Crippen molar-refractivity contribution < 1.29 is 4.74 Å². The zero-order valence-electron chi connectivity index (χ0n) is 7.55. The minimum atomic E-state index is 0.745. The highest BCUT2D eigenvalue weighted by Gasteiger charge is 2.02. The number of rotatable bonds is 1. The van der Waals surface area contributed by atoms with Gasteiger partial charge in [0, 0.05) is 5.02 Å². The first-order valence-electron chi connectivity index (χ1n) is 4.13. The topological polar surface area (TPSA) is 9.23 Å². The van der Waals surface area contributed by atoms with Crippen LogP contribution in [0.4, 0.5) is 0 Å². The Morgan fingerprint density at radius 3 is 2.64 bits per heavy atom. The summed E-state index contributed by atoms with van der Waals surface area (Å²) in [5.41, 5.74) is 0. The van der Waals surface area contributed by atoms with Gasteiger partial charge in [-0.25, -0.2) is 0 Å². The molecule has 72 valence electrons. The molecule has 2 aromatic carbocycles. The average molecular weight is 272 g/mol. The second-order valence-corrected chi connectivity index (χ2v) is 4.27. The number of fused-ring (bicyclic) bond motifs is 1. The Morgan fingerprint density at radius 2 is 1.93 bits per heavy atom. The van der Waals surface area contributed by atoms with E-state index in [4.69, 9.17) is 16.3 Å². The molecule has 0 radical (unpaired) electrons. The molecule has 0 amide bonds. The van der Waals surface area contributed by atoms with E-state index in [-0.39, 0.29) is 0 Å². The summed E-state index contributed by atoms with van der Waals surface area (Å²) < 4.78 is 6.14. The molecule has 0 N–H and O–H groups in total. The number of benzene rings is 2. The number of halogens is 2. The molecule has 0 aliphatic carbocycles. The molecule has 0 spiro atoms. The van der Waals surface area contributed by atoms with Crippen LogP contribution in [-0.4, -0.2) is 7.11 Å². The maximum Gasteiger partial charge on any atom is 0.133 e. The molecule has 2 rings (SSSR count). The van der Waals surface area contributed by atoms with Crippen molar-refractivity contribution in [3.63, 3.8) is 0 Å². The molecule has 0 fully saturated rings. The van der Waals surface area contributed by atoms with E-state index in [1.165, 1.54) is 0 Å². The van der Waals surface area contributed by atoms with Gasteiger partial charge in [-0.15, -0.1) is 0 Å². The molecular formula is C11H8BrClO. The fraction of sp³-hybridized carbons (Fsp3) is 0.0909. The van der Waals surface area contributed by atoms with E-state index >= 15 is 0 Å². The Hall–Kier alpha value is -0.730. The van der Waals surface area contributed by atoms with Crippen LogP contribution in [0.2, 0.25) is 5.02 Å². The van der Waals surface area contributed by atoms with Crippen LogP contribution in [0.1, 0.15) is 0 Å². The fourth-order valence-corrected chi connectivity index (χ4v) is 2.08. The first-order chi connectivity index (χ1) is 6.70. The minimum Gasteiger partial charge on any atom is -0.496 e. The van der Waals surface area contributed by atoms with Gasteiger partial charge >= 0.3 is 0 Å². The lowest BCUT2D eigenvalue weighted by atomic mass is 10.1. The first-order valence-corrected chi connectivity index (χ1v) is 5.30. The van der Waals surface area contributed by atoms with E-state index in [9.17, 15) is 0 Å². The third-order valence-corrected chi connectivity index (χ3v) is 2.93. The summed E-state index contributed by atoms with van der Waals surface area (Å²) in [5.74, 6) is 0.833. The van der Waals surface area contributed by atoms with Crippen LogP contribution in [0.25, 0.3) is 10.8 Å². The van der Waals surface area contributed by atoms with Gasteiger partial charge < -0.3 is 4.74 Å². The molecule has 0 aliphatic heterocycles. The lowest BCUT2D eigenvalue weighted by molar-refractivity contribution is 0.413. The third-order valence-electron chi connectivity index (χ3n) is 2.07. The zero-order chi connectivity index (χ0) is 10.1. The number of hydrogen-bond acceptors (Lipinski definition) is 1. The number of ether oxygens (including phenoxy) is 1. The quantitative estimate of drug-likeness (QED) is 0.753. The van der Waals surface area contributed by atoms with Gasteiger partial charge in [0.25, 0.3) is 0 Å². The van der Waals surface area contributed by atoms with Gasteiger partial charge in [-0.2, -0.15) is 0 Å². The zero-order valence-corrected chi connectivity index (χ0v) is 9.89. The summed E-state index contributed by atoms with van der Waals surface area (Å²) in [6.07, 6.45) is 0. The smallest absolute Gasteiger partial charge is 0.133 e. The Balaban J connectivity index is 2.73. The molecule has 14 heavy (non-hydrogen) atoms. The van der Waals surface area contributed by atoms with Crippen molar-refractivity contribution in [2.75, 3.05) is 7.11 Å². The SMILES string of the molecule is COc1cc2ccc(Cl)cc2cc1Br. The van der Waals surface area contributed by atoms with Gasteiger partial charge in [0.15, 0.2) is 0 Å². The second kappa shape index (κ2) is 3.79. The van der Waals surface area contributed by atoms with Crippen LogP contribution in [0.3, 0.4) is 0 Å². The number of methoxy groups -OCH3 is 1. The molecule has 0 aromatic heterocycles. The summed E-state index contributed by atoms with van der Waals surface area (Å²) in [6.45, 7) is 0. The first kappa shape index (κ1) is 9.81.